The summed E-state index contributed by atoms with van der Waals surface area (Å²) >= 11 is 11.7. The molecule has 7 nitrogen and oxygen atoms in total. The summed E-state index contributed by atoms with van der Waals surface area (Å²) in [7, 11) is 0. The fraction of sp³-hybridized carbons (Fsp3) is 0.158. The third-order valence-electron chi connectivity index (χ3n) is 3.88. The van der Waals surface area contributed by atoms with Gasteiger partial charge in [-0.3, -0.25) is 14.9 Å². The average Bonchev–Trinajstić information content (AvgIpc) is 2.64. The van der Waals surface area contributed by atoms with E-state index in [1.807, 2.05) is 0 Å². The van der Waals surface area contributed by atoms with Crippen molar-refractivity contribution in [2.75, 3.05) is 11.9 Å². The quantitative estimate of drug-likeness (QED) is 0.314. The van der Waals surface area contributed by atoms with Gasteiger partial charge < -0.3 is 10.1 Å². The normalized spacial score (nSPS) is 10.7. The molecule has 146 valence electrons. The minimum absolute atomic E-state index is 0.0809. The molecule has 0 saturated heterocycles. The topological polar surface area (TPSA) is 98.5 Å². The first-order valence-corrected chi connectivity index (χ1v) is 8.79. The Morgan fingerprint density at radius 2 is 1.89 bits per heavy atom. The van der Waals surface area contributed by atoms with Gasteiger partial charge in [-0.05, 0) is 48.7 Å². The molecule has 9 heteroatoms. The number of nitro groups is 1. The number of amides is 1. The van der Waals surface area contributed by atoms with Crippen LogP contribution in [0, 0.1) is 24.0 Å². The highest BCUT2D eigenvalue weighted by Gasteiger charge is 2.19. The Hall–Kier alpha value is -2.90. The zero-order chi connectivity index (χ0) is 20.8. The molecule has 2 rings (SSSR count). The molecule has 1 amide bonds. The Morgan fingerprint density at radius 3 is 2.54 bits per heavy atom. The number of esters is 1. The second kappa shape index (κ2) is 9.34. The van der Waals surface area contributed by atoms with Gasteiger partial charge in [0, 0.05) is 12.1 Å². The van der Waals surface area contributed by atoms with E-state index in [1.165, 1.54) is 12.1 Å². The molecule has 0 radical (unpaired) electrons. The summed E-state index contributed by atoms with van der Waals surface area (Å²) in [5.41, 5.74) is 1.82. The van der Waals surface area contributed by atoms with Gasteiger partial charge >= 0.3 is 5.97 Å². The maximum Gasteiger partial charge on any atom is 0.331 e. The first-order chi connectivity index (χ1) is 13.2. The first-order valence-electron chi connectivity index (χ1n) is 8.03. The smallest absolute Gasteiger partial charge is 0.331 e. The molecule has 2 aromatic carbocycles. The van der Waals surface area contributed by atoms with Crippen LogP contribution >= 0.6 is 23.2 Å². The Labute approximate surface area is 171 Å². The summed E-state index contributed by atoms with van der Waals surface area (Å²) < 4.78 is 4.86. The van der Waals surface area contributed by atoms with Crippen molar-refractivity contribution >= 4 is 52.5 Å². The number of hydrogen-bond donors (Lipinski definition) is 1. The Morgan fingerprint density at radius 1 is 1.18 bits per heavy atom. The lowest BCUT2D eigenvalue weighted by atomic mass is 10.1. The van der Waals surface area contributed by atoms with Crippen LogP contribution in [0.2, 0.25) is 10.0 Å². The van der Waals surface area contributed by atoms with Gasteiger partial charge in [-0.1, -0.05) is 35.3 Å². The van der Waals surface area contributed by atoms with E-state index in [9.17, 15) is 19.7 Å². The summed E-state index contributed by atoms with van der Waals surface area (Å²) in [6.07, 6.45) is 2.59. The minimum atomic E-state index is -0.753. The van der Waals surface area contributed by atoms with Crippen LogP contribution in [0.1, 0.15) is 16.7 Å². The van der Waals surface area contributed by atoms with Crippen molar-refractivity contribution in [3.63, 3.8) is 0 Å². The minimum Gasteiger partial charge on any atom is -0.452 e. The van der Waals surface area contributed by atoms with Crippen LogP contribution in [-0.2, 0) is 14.3 Å². The van der Waals surface area contributed by atoms with Crippen molar-refractivity contribution < 1.29 is 19.2 Å². The number of nitro benzene ring substituents is 1. The lowest BCUT2D eigenvalue weighted by molar-refractivity contribution is -0.384. The average molecular weight is 423 g/mol. The van der Waals surface area contributed by atoms with Crippen molar-refractivity contribution in [3.05, 3.63) is 73.3 Å². The van der Waals surface area contributed by atoms with E-state index in [0.717, 1.165) is 11.6 Å². The summed E-state index contributed by atoms with van der Waals surface area (Å²) in [4.78, 5) is 34.4. The molecule has 0 unspecified atom stereocenters. The number of benzene rings is 2. The molecule has 0 atom stereocenters. The second-order valence-corrected chi connectivity index (χ2v) is 6.64. The molecule has 0 aliphatic carbocycles. The molecule has 28 heavy (non-hydrogen) atoms. The van der Waals surface area contributed by atoms with Gasteiger partial charge in [0.1, 0.15) is 5.69 Å². The number of halogens is 2. The molecular formula is C19H16Cl2N2O5. The maximum absolute atomic E-state index is 12.0. The van der Waals surface area contributed by atoms with E-state index in [4.69, 9.17) is 27.9 Å². The van der Waals surface area contributed by atoms with Gasteiger partial charge in [0.15, 0.2) is 6.61 Å². The highest BCUT2D eigenvalue weighted by atomic mass is 35.5. The van der Waals surface area contributed by atoms with Crippen LogP contribution in [0.3, 0.4) is 0 Å². The number of hydrogen-bond acceptors (Lipinski definition) is 5. The lowest BCUT2D eigenvalue weighted by Crippen LogP contribution is -2.21. The van der Waals surface area contributed by atoms with Gasteiger partial charge in [-0.25, -0.2) is 4.79 Å². The van der Waals surface area contributed by atoms with Crippen molar-refractivity contribution in [3.8, 4) is 0 Å². The van der Waals surface area contributed by atoms with E-state index in [-0.39, 0.29) is 11.4 Å². The predicted molar refractivity (Wildman–Crippen MR) is 108 cm³/mol. The lowest BCUT2D eigenvalue weighted by Gasteiger charge is -2.11. The molecule has 0 fully saturated rings. The molecule has 0 saturated carbocycles. The SMILES string of the molecule is Cc1ccc([N+](=O)[O-])c(NC(=O)COC(=O)/C=C/c2ccc(Cl)c(Cl)c2)c1C. The number of nitrogens with one attached hydrogen (secondary N) is 1. The van der Waals surface area contributed by atoms with Crippen molar-refractivity contribution in [1.82, 2.24) is 0 Å². The van der Waals surface area contributed by atoms with Crippen LogP contribution in [0.4, 0.5) is 11.4 Å². The van der Waals surface area contributed by atoms with Gasteiger partial charge in [-0.15, -0.1) is 0 Å². The number of carbonyl (C=O) groups excluding carboxylic acids is 2. The van der Waals surface area contributed by atoms with Crippen LogP contribution in [0.5, 0.6) is 0 Å². The second-order valence-electron chi connectivity index (χ2n) is 5.82. The van der Waals surface area contributed by atoms with Crippen molar-refractivity contribution in [2.24, 2.45) is 0 Å². The molecule has 0 aliphatic heterocycles. The van der Waals surface area contributed by atoms with E-state index >= 15 is 0 Å². The molecule has 0 aliphatic rings. The molecule has 0 bridgehead atoms. The van der Waals surface area contributed by atoms with Gasteiger partial charge in [0.05, 0.1) is 15.0 Å². The largest absolute Gasteiger partial charge is 0.452 e. The third-order valence-corrected chi connectivity index (χ3v) is 4.62. The Balaban J connectivity index is 1.98. The fourth-order valence-electron chi connectivity index (χ4n) is 2.25. The molecule has 2 aromatic rings. The number of carbonyl (C=O) groups is 2. The fourth-order valence-corrected chi connectivity index (χ4v) is 2.56. The van der Waals surface area contributed by atoms with Crippen LogP contribution in [-0.4, -0.2) is 23.4 Å². The number of anilines is 1. The standard InChI is InChI=1S/C19H16Cl2N2O5/c1-11-3-7-16(23(26)27)19(12(11)2)22-17(24)10-28-18(25)8-5-13-4-6-14(20)15(21)9-13/h3-9H,10H2,1-2H3,(H,22,24)/b8-5+. The third kappa shape index (κ3) is 5.55. The van der Waals surface area contributed by atoms with Crippen LogP contribution < -0.4 is 5.32 Å². The number of aryl methyl sites for hydroxylation is 1. The molecule has 0 spiro atoms. The first kappa shape index (κ1) is 21.4. The van der Waals surface area contributed by atoms with Gasteiger partial charge in [0.2, 0.25) is 0 Å². The van der Waals surface area contributed by atoms with Crippen LogP contribution in [0.15, 0.2) is 36.4 Å². The maximum atomic E-state index is 12.0. The molecule has 0 heterocycles. The Kier molecular flexibility index (Phi) is 7.14. The zero-order valence-corrected chi connectivity index (χ0v) is 16.5. The summed E-state index contributed by atoms with van der Waals surface area (Å²) in [6.45, 7) is 2.83. The van der Waals surface area contributed by atoms with E-state index < -0.39 is 23.4 Å². The summed E-state index contributed by atoms with van der Waals surface area (Å²) in [5.74, 6) is -1.44. The molecule has 1 N–H and O–H groups in total. The monoisotopic (exact) mass is 422 g/mol. The highest BCUT2D eigenvalue weighted by Crippen LogP contribution is 2.30. The summed E-state index contributed by atoms with van der Waals surface area (Å²) in [6, 6.07) is 7.71. The van der Waals surface area contributed by atoms with Gasteiger partial charge in [0.25, 0.3) is 11.6 Å². The number of nitrogens with zero attached hydrogens (tertiary/aromatic N) is 1. The number of ether oxygens (including phenoxy) is 1. The van der Waals surface area contributed by atoms with Gasteiger partial charge in [-0.2, -0.15) is 0 Å². The van der Waals surface area contributed by atoms with Crippen LogP contribution in [0.25, 0.3) is 6.08 Å². The molecular weight excluding hydrogens is 407 g/mol. The van der Waals surface area contributed by atoms with Crippen molar-refractivity contribution in [2.45, 2.75) is 13.8 Å². The highest BCUT2D eigenvalue weighted by molar-refractivity contribution is 6.42. The molecule has 0 aromatic heterocycles. The number of rotatable bonds is 6. The zero-order valence-electron chi connectivity index (χ0n) is 15.0. The van der Waals surface area contributed by atoms with E-state index in [2.05, 4.69) is 5.32 Å². The predicted octanol–water partition coefficient (Wildman–Crippen LogP) is 4.71. The van der Waals surface area contributed by atoms with E-state index in [1.54, 1.807) is 38.1 Å². The van der Waals surface area contributed by atoms with E-state index in [0.29, 0.717) is 21.2 Å². The Bertz CT molecular complexity index is 973. The van der Waals surface area contributed by atoms with Crippen molar-refractivity contribution in [1.29, 1.82) is 0 Å². The summed E-state index contributed by atoms with van der Waals surface area (Å²) in [5, 5.41) is 14.3.